The maximum absolute atomic E-state index is 10.6. The van der Waals surface area contributed by atoms with Crippen molar-refractivity contribution in [3.05, 3.63) is 0 Å². The Kier molecular flexibility index (Phi) is 6.62. The summed E-state index contributed by atoms with van der Waals surface area (Å²) in [5.41, 5.74) is 0. The number of hydrogen-bond donors (Lipinski definition) is 2. The first-order valence-electron chi connectivity index (χ1n) is 9.18. The van der Waals surface area contributed by atoms with Gasteiger partial charge in [0.15, 0.2) is 16.6 Å². The SMILES string of the molecule is CC(C)(C)[Si](C)(C)O[C@@H]1[C@H](CO)C[C@H](O)[C@@H]1O[Si](C)(C)C(C)(C)C. The Balaban J connectivity index is 3.08. The number of hydrogen-bond acceptors (Lipinski definition) is 4. The Morgan fingerprint density at radius 3 is 1.54 bits per heavy atom. The highest BCUT2D eigenvalue weighted by Gasteiger charge is 2.52. The highest BCUT2D eigenvalue weighted by atomic mass is 28.4. The zero-order chi connectivity index (χ0) is 19.1. The third-order valence-corrected chi connectivity index (χ3v) is 15.4. The number of aliphatic hydroxyl groups excluding tert-OH is 2. The summed E-state index contributed by atoms with van der Waals surface area (Å²) in [5, 5.41) is 20.6. The summed E-state index contributed by atoms with van der Waals surface area (Å²) in [5.74, 6) is -0.0520. The molecule has 1 saturated carbocycles. The van der Waals surface area contributed by atoms with E-state index in [1.807, 2.05) is 0 Å². The normalized spacial score (nSPS) is 30.0. The van der Waals surface area contributed by atoms with Crippen molar-refractivity contribution in [2.45, 2.75) is 103 Å². The van der Waals surface area contributed by atoms with Crippen LogP contribution in [0, 0.1) is 5.92 Å². The summed E-state index contributed by atoms with van der Waals surface area (Å²) in [7, 11) is -4.03. The average molecular weight is 377 g/mol. The van der Waals surface area contributed by atoms with Gasteiger partial charge in [-0.05, 0) is 42.7 Å². The van der Waals surface area contributed by atoms with Crippen molar-refractivity contribution in [1.29, 1.82) is 0 Å². The van der Waals surface area contributed by atoms with Gasteiger partial charge in [-0.3, -0.25) is 0 Å². The number of aliphatic hydroxyl groups is 2. The summed E-state index contributed by atoms with van der Waals surface area (Å²) < 4.78 is 13.2. The molecule has 4 nitrogen and oxygen atoms in total. The summed E-state index contributed by atoms with van der Waals surface area (Å²) in [6.45, 7) is 22.1. The molecule has 1 aliphatic rings. The second kappa shape index (κ2) is 7.12. The summed E-state index contributed by atoms with van der Waals surface area (Å²) in [4.78, 5) is 0. The number of rotatable bonds is 5. The predicted octanol–water partition coefficient (Wildman–Crippen LogP) is 4.14. The van der Waals surface area contributed by atoms with E-state index in [0.29, 0.717) is 6.42 Å². The summed E-state index contributed by atoms with van der Waals surface area (Å²) in [6.07, 6.45) is -0.571. The fourth-order valence-corrected chi connectivity index (χ4v) is 5.27. The van der Waals surface area contributed by atoms with Gasteiger partial charge in [-0.1, -0.05) is 41.5 Å². The Bertz CT molecular complexity index is 424. The van der Waals surface area contributed by atoms with Gasteiger partial charge in [0.2, 0.25) is 0 Å². The van der Waals surface area contributed by atoms with Gasteiger partial charge < -0.3 is 19.1 Å². The van der Waals surface area contributed by atoms with Gasteiger partial charge in [0.05, 0.1) is 18.3 Å². The lowest BCUT2D eigenvalue weighted by Gasteiger charge is -2.44. The first kappa shape index (κ1) is 22.3. The van der Waals surface area contributed by atoms with E-state index in [1.165, 1.54) is 0 Å². The van der Waals surface area contributed by atoms with Crippen molar-refractivity contribution in [1.82, 2.24) is 0 Å². The van der Waals surface area contributed by atoms with E-state index in [4.69, 9.17) is 8.85 Å². The Labute approximate surface area is 151 Å². The molecule has 1 fully saturated rings. The zero-order valence-electron chi connectivity index (χ0n) is 17.4. The molecular formula is C18H40O4Si2. The standard InChI is InChI=1S/C18H40O4Si2/c1-17(2,3)23(7,8)21-15-13(12-19)11-14(20)16(15)22-24(9,10)18(4,5)6/h13-16,19-20H,11-12H2,1-10H3/t13-,14-,15+,16-/m0/s1. The highest BCUT2D eigenvalue weighted by Crippen LogP contribution is 2.44. The van der Waals surface area contributed by atoms with Gasteiger partial charge in [-0.25, -0.2) is 0 Å². The van der Waals surface area contributed by atoms with Crippen LogP contribution in [0.5, 0.6) is 0 Å². The smallest absolute Gasteiger partial charge is 0.192 e. The van der Waals surface area contributed by atoms with Crippen LogP contribution in [0.2, 0.25) is 36.3 Å². The van der Waals surface area contributed by atoms with Gasteiger partial charge in [0.25, 0.3) is 0 Å². The van der Waals surface area contributed by atoms with Crippen LogP contribution in [-0.4, -0.2) is 51.8 Å². The van der Waals surface area contributed by atoms with Gasteiger partial charge >= 0.3 is 0 Å². The van der Waals surface area contributed by atoms with Crippen LogP contribution in [0.4, 0.5) is 0 Å². The quantitative estimate of drug-likeness (QED) is 0.708. The molecule has 6 heteroatoms. The van der Waals surface area contributed by atoms with Gasteiger partial charge in [-0.15, -0.1) is 0 Å². The minimum Gasteiger partial charge on any atom is -0.411 e. The van der Waals surface area contributed by atoms with Gasteiger partial charge in [0.1, 0.15) is 0 Å². The molecule has 0 aromatic heterocycles. The van der Waals surface area contributed by atoms with Crippen molar-refractivity contribution in [2.75, 3.05) is 6.61 Å². The topological polar surface area (TPSA) is 58.9 Å². The fourth-order valence-electron chi connectivity index (χ4n) is 2.59. The van der Waals surface area contributed by atoms with Crippen LogP contribution in [0.15, 0.2) is 0 Å². The Morgan fingerprint density at radius 2 is 1.21 bits per heavy atom. The molecule has 4 atom stereocenters. The third kappa shape index (κ3) is 4.71. The second-order valence-electron chi connectivity index (χ2n) is 10.4. The molecular weight excluding hydrogens is 336 g/mol. The third-order valence-electron chi connectivity index (χ3n) is 6.42. The molecule has 0 heterocycles. The van der Waals surface area contributed by atoms with Crippen LogP contribution >= 0.6 is 0 Å². The molecule has 144 valence electrons. The highest BCUT2D eigenvalue weighted by molar-refractivity contribution is 6.74. The van der Waals surface area contributed by atoms with E-state index in [2.05, 4.69) is 67.7 Å². The van der Waals surface area contributed by atoms with Crippen LogP contribution in [0.3, 0.4) is 0 Å². The van der Waals surface area contributed by atoms with E-state index in [1.54, 1.807) is 0 Å². The lowest BCUT2D eigenvalue weighted by atomic mass is 10.1. The van der Waals surface area contributed by atoms with E-state index in [-0.39, 0.29) is 34.8 Å². The fraction of sp³-hybridized carbons (Fsp3) is 1.00. The lowest BCUT2D eigenvalue weighted by Crippen LogP contribution is -2.53. The Hall–Kier alpha value is 0.274. The predicted molar refractivity (Wildman–Crippen MR) is 105 cm³/mol. The molecule has 0 bridgehead atoms. The lowest BCUT2D eigenvalue weighted by molar-refractivity contribution is -0.0163. The zero-order valence-corrected chi connectivity index (χ0v) is 19.4. The molecule has 0 aromatic carbocycles. The molecule has 0 amide bonds. The van der Waals surface area contributed by atoms with Crippen LogP contribution in [0.25, 0.3) is 0 Å². The van der Waals surface area contributed by atoms with E-state index in [0.717, 1.165) is 0 Å². The van der Waals surface area contributed by atoms with Crippen LogP contribution in [0.1, 0.15) is 48.0 Å². The maximum Gasteiger partial charge on any atom is 0.192 e. The van der Waals surface area contributed by atoms with Gasteiger partial charge in [-0.2, -0.15) is 0 Å². The molecule has 0 spiro atoms. The first-order valence-corrected chi connectivity index (χ1v) is 15.0. The van der Waals surface area contributed by atoms with E-state index < -0.39 is 22.7 Å². The van der Waals surface area contributed by atoms with Crippen molar-refractivity contribution in [3.8, 4) is 0 Å². The van der Waals surface area contributed by atoms with E-state index >= 15 is 0 Å². The monoisotopic (exact) mass is 376 g/mol. The van der Waals surface area contributed by atoms with Crippen molar-refractivity contribution in [2.24, 2.45) is 5.92 Å². The van der Waals surface area contributed by atoms with Crippen molar-refractivity contribution < 1.29 is 19.1 Å². The van der Waals surface area contributed by atoms with Gasteiger partial charge in [0, 0.05) is 12.5 Å². The second-order valence-corrected chi connectivity index (χ2v) is 19.9. The van der Waals surface area contributed by atoms with Crippen LogP contribution < -0.4 is 0 Å². The molecule has 0 aliphatic heterocycles. The largest absolute Gasteiger partial charge is 0.411 e. The van der Waals surface area contributed by atoms with Crippen molar-refractivity contribution in [3.63, 3.8) is 0 Å². The first-order chi connectivity index (χ1) is 10.5. The molecule has 0 radical (unpaired) electrons. The molecule has 1 aliphatic carbocycles. The summed E-state index contributed by atoms with van der Waals surface area (Å²) in [6, 6.07) is 0. The molecule has 0 unspecified atom stereocenters. The van der Waals surface area contributed by atoms with Crippen molar-refractivity contribution >= 4 is 16.6 Å². The minimum absolute atomic E-state index is 0.0354. The molecule has 1 rings (SSSR count). The van der Waals surface area contributed by atoms with Crippen LogP contribution in [-0.2, 0) is 8.85 Å². The maximum atomic E-state index is 10.6. The molecule has 24 heavy (non-hydrogen) atoms. The summed E-state index contributed by atoms with van der Waals surface area (Å²) >= 11 is 0. The molecule has 0 aromatic rings. The molecule has 0 saturated heterocycles. The minimum atomic E-state index is -2.02. The Morgan fingerprint density at radius 1 is 0.833 bits per heavy atom. The molecule has 2 N–H and O–H groups in total. The van der Waals surface area contributed by atoms with E-state index in [9.17, 15) is 10.2 Å². The average Bonchev–Trinajstić information content (AvgIpc) is 2.63.